The molecular weight excluding hydrogens is 436 g/mol. The van der Waals surface area contributed by atoms with E-state index >= 15 is 0 Å². The number of para-hydroxylation sites is 1. The summed E-state index contributed by atoms with van der Waals surface area (Å²) < 4.78 is 15.6. The first-order valence-corrected chi connectivity index (χ1v) is 10.1. The molecule has 1 amide bonds. The van der Waals surface area contributed by atoms with Crippen LogP contribution in [-0.4, -0.2) is 41.4 Å². The average Bonchev–Trinajstić information content (AvgIpc) is 3.48. The van der Waals surface area contributed by atoms with Crippen LogP contribution in [0, 0.1) is 0 Å². The molecule has 0 aliphatic carbocycles. The predicted octanol–water partition coefficient (Wildman–Crippen LogP) is 4.18. The number of hydrazone groups is 1. The Labute approximate surface area is 188 Å². The third kappa shape index (κ3) is 4.31. The van der Waals surface area contributed by atoms with Crippen LogP contribution in [0.25, 0.3) is 0 Å². The van der Waals surface area contributed by atoms with Crippen LogP contribution in [0.15, 0.2) is 70.4 Å². The van der Waals surface area contributed by atoms with Gasteiger partial charge in [-0.3, -0.25) is 4.79 Å². The van der Waals surface area contributed by atoms with Crippen LogP contribution in [0.1, 0.15) is 34.1 Å². The van der Waals surface area contributed by atoms with Crippen molar-refractivity contribution in [3.8, 4) is 11.5 Å². The van der Waals surface area contributed by atoms with Gasteiger partial charge in [-0.2, -0.15) is 5.10 Å². The topological polar surface area (TPSA) is 102 Å². The molecule has 1 aromatic heterocycles. The van der Waals surface area contributed by atoms with Crippen LogP contribution >= 0.6 is 11.6 Å². The van der Waals surface area contributed by atoms with E-state index in [4.69, 9.17) is 25.5 Å². The van der Waals surface area contributed by atoms with E-state index in [2.05, 4.69) is 5.10 Å². The highest BCUT2D eigenvalue weighted by Crippen LogP contribution is 2.34. The van der Waals surface area contributed by atoms with Crippen molar-refractivity contribution < 1.29 is 28.6 Å². The van der Waals surface area contributed by atoms with Crippen LogP contribution in [0.4, 0.5) is 0 Å². The lowest BCUT2D eigenvalue weighted by Crippen LogP contribution is -2.31. The summed E-state index contributed by atoms with van der Waals surface area (Å²) in [4.78, 5) is 25.3. The van der Waals surface area contributed by atoms with Gasteiger partial charge in [0, 0.05) is 11.4 Å². The first-order chi connectivity index (χ1) is 15.5. The second-order valence-corrected chi connectivity index (χ2v) is 7.40. The summed E-state index contributed by atoms with van der Waals surface area (Å²) in [5, 5.41) is 16.4. The van der Waals surface area contributed by atoms with Gasteiger partial charge in [0.2, 0.25) is 0 Å². The molecule has 0 saturated heterocycles. The molecule has 1 unspecified atom stereocenters. The standard InChI is InChI=1S/C23H19ClN2O6/c1-30-20-5-2-4-16(22(20)28)23(29)32-13-21(27)26-18(19-6-3-11-31-19)12-17(25-26)14-7-9-15(24)10-8-14/h2-11,18,28H,12-13H2,1H3. The van der Waals surface area contributed by atoms with E-state index < -0.39 is 24.5 Å². The van der Waals surface area contributed by atoms with Gasteiger partial charge in [0.15, 0.2) is 18.1 Å². The summed E-state index contributed by atoms with van der Waals surface area (Å²) in [6.45, 7) is -0.565. The number of hydrogen-bond donors (Lipinski definition) is 1. The minimum absolute atomic E-state index is 0.105. The Hall–Kier alpha value is -3.78. The van der Waals surface area contributed by atoms with E-state index in [1.54, 1.807) is 24.3 Å². The molecule has 1 N–H and O–H groups in total. The molecule has 8 nitrogen and oxygen atoms in total. The highest BCUT2D eigenvalue weighted by atomic mass is 35.5. The lowest BCUT2D eigenvalue weighted by molar-refractivity contribution is -0.136. The Kier molecular flexibility index (Phi) is 6.13. The van der Waals surface area contributed by atoms with Crippen LogP contribution in [0.3, 0.4) is 0 Å². The molecule has 1 aliphatic heterocycles. The summed E-state index contributed by atoms with van der Waals surface area (Å²) >= 11 is 5.97. The van der Waals surface area contributed by atoms with Gasteiger partial charge in [0.05, 0.1) is 19.1 Å². The molecule has 0 radical (unpaired) electrons. The summed E-state index contributed by atoms with van der Waals surface area (Å²) in [5.74, 6) is -1.06. The maximum Gasteiger partial charge on any atom is 0.342 e. The normalized spacial score (nSPS) is 15.4. The van der Waals surface area contributed by atoms with Crippen molar-refractivity contribution in [2.24, 2.45) is 5.10 Å². The van der Waals surface area contributed by atoms with Gasteiger partial charge < -0.3 is 19.0 Å². The van der Waals surface area contributed by atoms with Crippen LogP contribution in [-0.2, 0) is 9.53 Å². The van der Waals surface area contributed by atoms with Crippen LogP contribution in [0.5, 0.6) is 11.5 Å². The first-order valence-electron chi connectivity index (χ1n) is 9.70. The Bertz CT molecular complexity index is 1160. The van der Waals surface area contributed by atoms with Crippen molar-refractivity contribution in [1.29, 1.82) is 0 Å². The van der Waals surface area contributed by atoms with Gasteiger partial charge in [-0.15, -0.1) is 0 Å². The molecule has 32 heavy (non-hydrogen) atoms. The number of methoxy groups -OCH3 is 1. The minimum atomic E-state index is -0.856. The predicted molar refractivity (Wildman–Crippen MR) is 116 cm³/mol. The number of benzene rings is 2. The third-order valence-electron chi connectivity index (χ3n) is 4.98. The SMILES string of the molecule is COc1cccc(C(=O)OCC(=O)N2N=C(c3ccc(Cl)cc3)CC2c2ccco2)c1O. The summed E-state index contributed by atoms with van der Waals surface area (Å²) in [7, 11) is 1.37. The summed E-state index contributed by atoms with van der Waals surface area (Å²) in [6.07, 6.45) is 1.94. The molecule has 2 heterocycles. The molecule has 0 bridgehead atoms. The van der Waals surface area contributed by atoms with Gasteiger partial charge in [-0.1, -0.05) is 29.8 Å². The molecule has 3 aromatic rings. The van der Waals surface area contributed by atoms with Gasteiger partial charge in [0.1, 0.15) is 17.4 Å². The molecule has 1 atom stereocenters. The highest BCUT2D eigenvalue weighted by molar-refractivity contribution is 6.30. The van der Waals surface area contributed by atoms with Crippen molar-refractivity contribution in [2.75, 3.05) is 13.7 Å². The zero-order valence-corrected chi connectivity index (χ0v) is 17.8. The molecule has 0 fully saturated rings. The number of amides is 1. The maximum atomic E-state index is 12.9. The van der Waals surface area contributed by atoms with Crippen molar-refractivity contribution >= 4 is 29.2 Å². The second kappa shape index (κ2) is 9.15. The molecule has 1 aliphatic rings. The number of phenols is 1. The van der Waals surface area contributed by atoms with Crippen molar-refractivity contribution in [3.05, 3.63) is 82.8 Å². The maximum absolute atomic E-state index is 12.9. The highest BCUT2D eigenvalue weighted by Gasteiger charge is 2.35. The first kappa shape index (κ1) is 21.5. The Balaban J connectivity index is 1.52. The summed E-state index contributed by atoms with van der Waals surface area (Å²) in [6, 6.07) is 14.5. The van der Waals surface area contributed by atoms with E-state index in [-0.39, 0.29) is 17.1 Å². The Morgan fingerprint density at radius 3 is 2.66 bits per heavy atom. The number of carbonyl (C=O) groups excluding carboxylic acids is 2. The molecular formula is C23H19ClN2O6. The number of ether oxygens (including phenoxy) is 2. The fourth-order valence-electron chi connectivity index (χ4n) is 3.38. The van der Waals surface area contributed by atoms with E-state index in [0.717, 1.165) is 5.56 Å². The van der Waals surface area contributed by atoms with Crippen LogP contribution in [0.2, 0.25) is 5.02 Å². The largest absolute Gasteiger partial charge is 0.504 e. The van der Waals surface area contributed by atoms with E-state index in [1.165, 1.54) is 36.6 Å². The third-order valence-corrected chi connectivity index (χ3v) is 5.23. The lowest BCUT2D eigenvalue weighted by Gasteiger charge is -2.19. The van der Waals surface area contributed by atoms with Gasteiger partial charge >= 0.3 is 5.97 Å². The molecule has 164 valence electrons. The zero-order chi connectivity index (χ0) is 22.7. The number of esters is 1. The zero-order valence-electron chi connectivity index (χ0n) is 17.0. The average molecular weight is 455 g/mol. The van der Waals surface area contributed by atoms with Crippen LogP contribution < -0.4 is 4.74 Å². The van der Waals surface area contributed by atoms with Gasteiger partial charge in [0.25, 0.3) is 5.91 Å². The van der Waals surface area contributed by atoms with E-state index in [9.17, 15) is 14.7 Å². The fourth-order valence-corrected chi connectivity index (χ4v) is 3.51. The summed E-state index contributed by atoms with van der Waals surface area (Å²) in [5.41, 5.74) is 1.39. The molecule has 0 saturated carbocycles. The minimum Gasteiger partial charge on any atom is -0.504 e. The van der Waals surface area contributed by atoms with Gasteiger partial charge in [-0.25, -0.2) is 9.80 Å². The quantitative estimate of drug-likeness (QED) is 0.560. The number of nitrogens with zero attached hydrogens (tertiary/aromatic N) is 2. The van der Waals surface area contributed by atoms with Crippen molar-refractivity contribution in [2.45, 2.75) is 12.5 Å². The number of aromatic hydroxyl groups is 1. The second-order valence-electron chi connectivity index (χ2n) is 6.96. The van der Waals surface area contributed by atoms with Crippen molar-refractivity contribution in [1.82, 2.24) is 5.01 Å². The van der Waals surface area contributed by atoms with Crippen molar-refractivity contribution in [3.63, 3.8) is 0 Å². The van der Waals surface area contributed by atoms with E-state index in [0.29, 0.717) is 22.9 Å². The fraction of sp³-hybridized carbons (Fsp3) is 0.174. The number of halogens is 1. The Morgan fingerprint density at radius 2 is 1.97 bits per heavy atom. The molecule has 4 rings (SSSR count). The lowest BCUT2D eigenvalue weighted by atomic mass is 10.0. The molecule has 9 heteroatoms. The number of phenolic OH excluding ortho intramolecular Hbond substituents is 1. The number of carbonyl (C=O) groups is 2. The molecule has 2 aromatic carbocycles. The number of rotatable bonds is 6. The smallest absolute Gasteiger partial charge is 0.342 e. The number of furan rings is 1. The molecule has 0 spiro atoms. The van der Waals surface area contributed by atoms with E-state index in [1.807, 2.05) is 12.1 Å². The monoisotopic (exact) mass is 454 g/mol. The van der Waals surface area contributed by atoms with Gasteiger partial charge in [-0.05, 0) is 42.0 Å². The number of hydrogen-bond acceptors (Lipinski definition) is 7. The Morgan fingerprint density at radius 1 is 1.19 bits per heavy atom.